The minimum absolute atomic E-state index is 0.161. The normalized spacial score (nSPS) is 14.9. The Balaban J connectivity index is 2.88. The van der Waals surface area contributed by atoms with Crippen LogP contribution in [0.15, 0.2) is 0 Å². The van der Waals surface area contributed by atoms with Crippen molar-refractivity contribution >= 4 is 0 Å². The van der Waals surface area contributed by atoms with Gasteiger partial charge in [-0.3, -0.25) is 4.68 Å². The number of nitrogens with zero attached hydrogens (tertiary/aromatic N) is 2. The number of nitrogens with one attached hydrogen (secondary N) is 1. The molecular formula is C13H25N3O. The standard InChI is InChI=1S/C13H25N3O/c1-6-12(8-17)14-9(3)13-10(4)15-16(7-2)11(13)5/h9,12,14,17H,6-8H2,1-5H3. The van der Waals surface area contributed by atoms with E-state index in [1.54, 1.807) is 0 Å². The van der Waals surface area contributed by atoms with E-state index < -0.39 is 0 Å². The van der Waals surface area contributed by atoms with Crippen molar-refractivity contribution < 1.29 is 5.11 Å². The summed E-state index contributed by atoms with van der Waals surface area (Å²) in [6.07, 6.45) is 0.931. The van der Waals surface area contributed by atoms with Crippen molar-refractivity contribution in [3.05, 3.63) is 17.0 Å². The lowest BCUT2D eigenvalue weighted by atomic mass is 10.0. The lowest BCUT2D eigenvalue weighted by molar-refractivity contribution is 0.230. The van der Waals surface area contributed by atoms with Gasteiger partial charge in [-0.2, -0.15) is 5.10 Å². The lowest BCUT2D eigenvalue weighted by Gasteiger charge is -2.21. The summed E-state index contributed by atoms with van der Waals surface area (Å²) in [5.41, 5.74) is 3.56. The van der Waals surface area contributed by atoms with Crippen LogP contribution in [0, 0.1) is 13.8 Å². The molecular weight excluding hydrogens is 214 g/mol. The molecule has 98 valence electrons. The number of aryl methyl sites for hydroxylation is 2. The molecule has 0 saturated heterocycles. The third kappa shape index (κ3) is 3.07. The summed E-state index contributed by atoms with van der Waals surface area (Å²) in [5.74, 6) is 0. The average Bonchev–Trinajstić information content (AvgIpc) is 2.60. The van der Waals surface area contributed by atoms with Crippen LogP contribution in [0.25, 0.3) is 0 Å². The molecule has 0 aromatic carbocycles. The van der Waals surface area contributed by atoms with Crippen molar-refractivity contribution in [2.75, 3.05) is 6.61 Å². The third-order valence-corrected chi connectivity index (χ3v) is 3.37. The van der Waals surface area contributed by atoms with E-state index in [4.69, 9.17) is 0 Å². The molecule has 1 aromatic rings. The van der Waals surface area contributed by atoms with Crippen molar-refractivity contribution in [3.63, 3.8) is 0 Å². The molecule has 0 aliphatic rings. The van der Waals surface area contributed by atoms with E-state index in [2.05, 4.69) is 38.1 Å². The van der Waals surface area contributed by atoms with Gasteiger partial charge in [-0.05, 0) is 34.1 Å². The van der Waals surface area contributed by atoms with Gasteiger partial charge >= 0.3 is 0 Å². The zero-order chi connectivity index (χ0) is 13.0. The molecule has 4 heteroatoms. The van der Waals surface area contributed by atoms with Crippen LogP contribution in [0.4, 0.5) is 0 Å². The first-order valence-electron chi connectivity index (χ1n) is 6.45. The Bertz CT molecular complexity index is 356. The van der Waals surface area contributed by atoms with E-state index >= 15 is 0 Å². The van der Waals surface area contributed by atoms with Crippen LogP contribution >= 0.6 is 0 Å². The maximum atomic E-state index is 9.23. The lowest BCUT2D eigenvalue weighted by Crippen LogP contribution is -2.34. The van der Waals surface area contributed by atoms with Crippen molar-refractivity contribution in [3.8, 4) is 0 Å². The van der Waals surface area contributed by atoms with Crippen LogP contribution in [0.2, 0.25) is 0 Å². The second-order valence-corrected chi connectivity index (χ2v) is 4.58. The highest BCUT2D eigenvalue weighted by atomic mass is 16.3. The van der Waals surface area contributed by atoms with Crippen LogP contribution in [0.3, 0.4) is 0 Å². The molecule has 1 rings (SSSR count). The van der Waals surface area contributed by atoms with Crippen molar-refractivity contribution in [2.24, 2.45) is 0 Å². The van der Waals surface area contributed by atoms with E-state index in [1.807, 2.05) is 11.6 Å². The molecule has 0 amide bonds. The van der Waals surface area contributed by atoms with Crippen molar-refractivity contribution in [1.29, 1.82) is 0 Å². The first kappa shape index (κ1) is 14.2. The summed E-state index contributed by atoms with van der Waals surface area (Å²) in [4.78, 5) is 0. The zero-order valence-electron chi connectivity index (χ0n) is 11.6. The zero-order valence-corrected chi connectivity index (χ0v) is 11.6. The second kappa shape index (κ2) is 6.17. The summed E-state index contributed by atoms with van der Waals surface area (Å²) in [7, 11) is 0. The minimum atomic E-state index is 0.161. The van der Waals surface area contributed by atoms with Crippen LogP contribution < -0.4 is 5.32 Å². The summed E-state index contributed by atoms with van der Waals surface area (Å²) in [6.45, 7) is 11.6. The minimum Gasteiger partial charge on any atom is -0.395 e. The van der Waals surface area contributed by atoms with Gasteiger partial charge in [0.05, 0.1) is 12.3 Å². The number of aliphatic hydroxyl groups is 1. The number of aliphatic hydroxyl groups excluding tert-OH is 1. The Morgan fingerprint density at radius 1 is 1.35 bits per heavy atom. The fourth-order valence-corrected chi connectivity index (χ4v) is 2.38. The van der Waals surface area contributed by atoms with Gasteiger partial charge in [0.2, 0.25) is 0 Å². The third-order valence-electron chi connectivity index (χ3n) is 3.37. The quantitative estimate of drug-likeness (QED) is 0.797. The number of aromatic nitrogens is 2. The van der Waals surface area contributed by atoms with Crippen LogP contribution in [0.5, 0.6) is 0 Å². The first-order valence-corrected chi connectivity index (χ1v) is 6.45. The topological polar surface area (TPSA) is 50.1 Å². The fraction of sp³-hybridized carbons (Fsp3) is 0.769. The summed E-state index contributed by atoms with van der Waals surface area (Å²) in [6, 6.07) is 0.390. The summed E-state index contributed by atoms with van der Waals surface area (Å²) >= 11 is 0. The Morgan fingerprint density at radius 3 is 2.41 bits per heavy atom. The Labute approximate surface area is 104 Å². The molecule has 1 heterocycles. The van der Waals surface area contributed by atoms with Gasteiger partial charge in [0.15, 0.2) is 0 Å². The van der Waals surface area contributed by atoms with Crippen molar-refractivity contribution in [1.82, 2.24) is 15.1 Å². The number of hydrogen-bond donors (Lipinski definition) is 2. The summed E-state index contributed by atoms with van der Waals surface area (Å²) < 4.78 is 2.03. The van der Waals surface area contributed by atoms with E-state index in [0.717, 1.165) is 18.7 Å². The Hall–Kier alpha value is -0.870. The molecule has 0 fully saturated rings. The van der Waals surface area contributed by atoms with E-state index in [9.17, 15) is 5.11 Å². The molecule has 2 N–H and O–H groups in total. The molecule has 2 atom stereocenters. The SMILES string of the molecule is CCC(CO)NC(C)c1c(C)nn(CC)c1C. The van der Waals surface area contributed by atoms with E-state index in [1.165, 1.54) is 11.3 Å². The van der Waals surface area contributed by atoms with Gasteiger partial charge in [0.25, 0.3) is 0 Å². The predicted octanol–water partition coefficient (Wildman–Crippen LogP) is 1.94. The first-order chi connectivity index (χ1) is 8.04. The molecule has 0 spiro atoms. The van der Waals surface area contributed by atoms with Gasteiger partial charge in [0, 0.05) is 29.9 Å². The molecule has 0 radical (unpaired) electrons. The molecule has 2 unspecified atom stereocenters. The van der Waals surface area contributed by atoms with Crippen LogP contribution in [-0.4, -0.2) is 27.5 Å². The highest BCUT2D eigenvalue weighted by molar-refractivity contribution is 5.27. The summed E-state index contributed by atoms with van der Waals surface area (Å²) in [5, 5.41) is 17.2. The van der Waals surface area contributed by atoms with Gasteiger partial charge in [-0.25, -0.2) is 0 Å². The van der Waals surface area contributed by atoms with E-state index in [-0.39, 0.29) is 18.7 Å². The molecule has 1 aromatic heterocycles. The molecule has 0 aliphatic heterocycles. The van der Waals surface area contributed by atoms with Gasteiger partial charge in [-0.1, -0.05) is 6.92 Å². The van der Waals surface area contributed by atoms with Gasteiger partial charge < -0.3 is 10.4 Å². The van der Waals surface area contributed by atoms with Gasteiger partial charge in [0.1, 0.15) is 0 Å². The molecule has 17 heavy (non-hydrogen) atoms. The van der Waals surface area contributed by atoms with Crippen LogP contribution in [0.1, 0.15) is 50.2 Å². The molecule has 0 bridgehead atoms. The largest absolute Gasteiger partial charge is 0.395 e. The maximum Gasteiger partial charge on any atom is 0.0644 e. The molecule has 0 saturated carbocycles. The highest BCUT2D eigenvalue weighted by Gasteiger charge is 2.18. The predicted molar refractivity (Wildman–Crippen MR) is 70.1 cm³/mol. The number of hydrogen-bond acceptors (Lipinski definition) is 3. The second-order valence-electron chi connectivity index (χ2n) is 4.58. The van der Waals surface area contributed by atoms with Crippen LogP contribution in [-0.2, 0) is 6.54 Å². The fourth-order valence-electron chi connectivity index (χ4n) is 2.38. The Kier molecular flexibility index (Phi) is 5.15. The maximum absolute atomic E-state index is 9.23. The smallest absolute Gasteiger partial charge is 0.0644 e. The molecule has 4 nitrogen and oxygen atoms in total. The average molecular weight is 239 g/mol. The van der Waals surface area contributed by atoms with Crippen molar-refractivity contribution in [2.45, 2.75) is 59.7 Å². The monoisotopic (exact) mass is 239 g/mol. The van der Waals surface area contributed by atoms with E-state index in [0.29, 0.717) is 0 Å². The number of rotatable bonds is 6. The molecule has 0 aliphatic carbocycles. The Morgan fingerprint density at radius 2 is 2.00 bits per heavy atom. The van der Waals surface area contributed by atoms with Gasteiger partial charge in [-0.15, -0.1) is 0 Å². The highest BCUT2D eigenvalue weighted by Crippen LogP contribution is 2.21.